The van der Waals surface area contributed by atoms with Gasteiger partial charge in [-0.05, 0) is 48.0 Å². The molecule has 6 heteroatoms. The number of aliphatic hydroxyl groups excluding tert-OH is 1. The first-order chi connectivity index (χ1) is 14.1. The number of carbonyl (C=O) groups is 1. The van der Waals surface area contributed by atoms with Crippen LogP contribution in [0.2, 0.25) is 5.02 Å². The Labute approximate surface area is 173 Å². The molecule has 4 aromatic rings. The van der Waals surface area contributed by atoms with Gasteiger partial charge in [-0.15, -0.1) is 0 Å². The lowest BCUT2D eigenvalue weighted by Crippen LogP contribution is -2.17. The van der Waals surface area contributed by atoms with Gasteiger partial charge in [0.1, 0.15) is 5.69 Å². The van der Waals surface area contributed by atoms with Crippen LogP contribution in [-0.4, -0.2) is 20.8 Å². The molecule has 0 fully saturated rings. The van der Waals surface area contributed by atoms with E-state index < -0.39 is 0 Å². The third kappa shape index (κ3) is 4.21. The molecule has 0 spiro atoms. The van der Waals surface area contributed by atoms with E-state index in [1.54, 1.807) is 47.1 Å². The van der Waals surface area contributed by atoms with Gasteiger partial charge in [0.15, 0.2) is 0 Å². The third-order valence-corrected chi connectivity index (χ3v) is 4.70. The number of nitrogens with one attached hydrogen (secondary N) is 1. The van der Waals surface area contributed by atoms with Crippen LogP contribution >= 0.6 is 11.6 Å². The number of carbonyl (C=O) groups excluding carboxylic acids is 1. The highest BCUT2D eigenvalue weighted by Gasteiger charge is 2.18. The molecule has 0 unspecified atom stereocenters. The molecule has 29 heavy (non-hydrogen) atoms. The van der Waals surface area contributed by atoms with E-state index in [9.17, 15) is 9.90 Å². The Morgan fingerprint density at radius 2 is 1.72 bits per heavy atom. The summed E-state index contributed by atoms with van der Waals surface area (Å²) in [6.07, 6.45) is 0. The minimum absolute atomic E-state index is 0.0909. The second-order valence-corrected chi connectivity index (χ2v) is 6.92. The van der Waals surface area contributed by atoms with Crippen molar-refractivity contribution < 1.29 is 9.90 Å². The molecule has 3 aromatic carbocycles. The Morgan fingerprint density at radius 3 is 2.45 bits per heavy atom. The molecule has 0 aliphatic carbocycles. The summed E-state index contributed by atoms with van der Waals surface area (Å²) in [5.74, 6) is -0.295. The van der Waals surface area contributed by atoms with Crippen LogP contribution in [0.1, 0.15) is 16.1 Å². The van der Waals surface area contributed by atoms with E-state index in [2.05, 4.69) is 10.4 Å². The molecule has 0 saturated heterocycles. The van der Waals surface area contributed by atoms with Crippen LogP contribution in [0.25, 0.3) is 16.9 Å². The van der Waals surface area contributed by atoms with E-state index in [1.807, 2.05) is 42.5 Å². The quantitative estimate of drug-likeness (QED) is 0.496. The van der Waals surface area contributed by atoms with Gasteiger partial charge in [0.05, 0.1) is 18.0 Å². The maximum atomic E-state index is 13.1. The molecule has 1 heterocycles. The van der Waals surface area contributed by atoms with Crippen LogP contribution in [0.3, 0.4) is 0 Å². The number of benzene rings is 3. The zero-order valence-electron chi connectivity index (χ0n) is 15.4. The number of anilines is 1. The molecule has 0 atom stereocenters. The molecule has 4 rings (SSSR count). The first-order valence-corrected chi connectivity index (χ1v) is 9.44. The fourth-order valence-electron chi connectivity index (χ4n) is 3.01. The lowest BCUT2D eigenvalue weighted by atomic mass is 10.1. The number of hydrogen-bond acceptors (Lipinski definition) is 3. The zero-order valence-corrected chi connectivity index (χ0v) is 16.2. The van der Waals surface area contributed by atoms with Gasteiger partial charge in [-0.2, -0.15) is 5.10 Å². The van der Waals surface area contributed by atoms with Crippen molar-refractivity contribution >= 4 is 23.2 Å². The van der Waals surface area contributed by atoms with Crippen molar-refractivity contribution in [2.24, 2.45) is 0 Å². The number of aromatic nitrogens is 2. The number of para-hydroxylation sites is 1. The SMILES string of the molecule is O=C(Nc1cccc(CO)c1)c1cc(-c2ccc(Cl)cc2)nn1-c1ccccc1. The molecule has 0 radical (unpaired) electrons. The van der Waals surface area contributed by atoms with Crippen molar-refractivity contribution in [1.82, 2.24) is 9.78 Å². The van der Waals surface area contributed by atoms with Crippen molar-refractivity contribution in [3.8, 4) is 16.9 Å². The number of hydrogen-bond donors (Lipinski definition) is 2. The van der Waals surface area contributed by atoms with Crippen LogP contribution < -0.4 is 5.32 Å². The number of amides is 1. The Balaban J connectivity index is 1.74. The number of halogens is 1. The van der Waals surface area contributed by atoms with Gasteiger partial charge in [-0.1, -0.05) is 54.1 Å². The van der Waals surface area contributed by atoms with Crippen LogP contribution in [0, 0.1) is 0 Å². The van der Waals surface area contributed by atoms with Gasteiger partial charge >= 0.3 is 0 Å². The first-order valence-electron chi connectivity index (χ1n) is 9.06. The van der Waals surface area contributed by atoms with Crippen molar-refractivity contribution in [1.29, 1.82) is 0 Å². The molecular formula is C23H18ClN3O2. The lowest BCUT2D eigenvalue weighted by Gasteiger charge is -2.09. The van der Waals surface area contributed by atoms with E-state index in [1.165, 1.54) is 0 Å². The maximum absolute atomic E-state index is 13.1. The Morgan fingerprint density at radius 1 is 0.966 bits per heavy atom. The van der Waals surface area contributed by atoms with Gasteiger partial charge < -0.3 is 10.4 Å². The van der Waals surface area contributed by atoms with E-state index in [4.69, 9.17) is 11.6 Å². The molecule has 144 valence electrons. The Bertz CT molecular complexity index is 1140. The Kier molecular flexibility index (Phi) is 5.42. The average Bonchev–Trinajstić information content (AvgIpc) is 3.21. The van der Waals surface area contributed by atoms with Gasteiger partial charge in [0, 0.05) is 16.3 Å². The molecule has 5 nitrogen and oxygen atoms in total. The van der Waals surface area contributed by atoms with Gasteiger partial charge in [0.25, 0.3) is 5.91 Å². The summed E-state index contributed by atoms with van der Waals surface area (Å²) in [5, 5.41) is 17.5. The smallest absolute Gasteiger partial charge is 0.274 e. The van der Waals surface area contributed by atoms with Crippen molar-refractivity contribution in [3.05, 3.63) is 101 Å². The van der Waals surface area contributed by atoms with Crippen LogP contribution in [0.5, 0.6) is 0 Å². The van der Waals surface area contributed by atoms with E-state index in [-0.39, 0.29) is 12.5 Å². The molecule has 0 aliphatic heterocycles. The minimum Gasteiger partial charge on any atom is -0.392 e. The monoisotopic (exact) mass is 403 g/mol. The van der Waals surface area contributed by atoms with Gasteiger partial charge in [-0.3, -0.25) is 4.79 Å². The summed E-state index contributed by atoms with van der Waals surface area (Å²) in [6, 6.07) is 25.6. The number of rotatable bonds is 5. The van der Waals surface area contributed by atoms with Crippen molar-refractivity contribution in [2.45, 2.75) is 6.61 Å². The molecule has 0 aliphatic rings. The molecule has 1 aromatic heterocycles. The Hall–Kier alpha value is -3.41. The van der Waals surface area contributed by atoms with Gasteiger partial charge in [-0.25, -0.2) is 4.68 Å². The predicted octanol–water partition coefficient (Wildman–Crippen LogP) is 4.94. The summed E-state index contributed by atoms with van der Waals surface area (Å²) in [6.45, 7) is -0.0909. The molecule has 2 N–H and O–H groups in total. The highest BCUT2D eigenvalue weighted by atomic mass is 35.5. The highest BCUT2D eigenvalue weighted by Crippen LogP contribution is 2.24. The zero-order chi connectivity index (χ0) is 20.2. The second kappa shape index (κ2) is 8.31. The molecule has 1 amide bonds. The average molecular weight is 404 g/mol. The van der Waals surface area contributed by atoms with Crippen molar-refractivity contribution in [3.63, 3.8) is 0 Å². The van der Waals surface area contributed by atoms with E-state index >= 15 is 0 Å². The fraction of sp³-hybridized carbons (Fsp3) is 0.0435. The predicted molar refractivity (Wildman–Crippen MR) is 114 cm³/mol. The lowest BCUT2D eigenvalue weighted by molar-refractivity contribution is 0.101. The highest BCUT2D eigenvalue weighted by molar-refractivity contribution is 6.30. The summed E-state index contributed by atoms with van der Waals surface area (Å²) >= 11 is 5.99. The van der Waals surface area contributed by atoms with Crippen molar-refractivity contribution in [2.75, 3.05) is 5.32 Å². The van der Waals surface area contributed by atoms with Crippen LogP contribution in [0.15, 0.2) is 84.9 Å². The largest absolute Gasteiger partial charge is 0.392 e. The summed E-state index contributed by atoms with van der Waals surface area (Å²) < 4.78 is 1.62. The molecule has 0 bridgehead atoms. The standard InChI is InChI=1S/C23H18ClN3O2/c24-18-11-9-17(10-12-18)21-14-22(27(26-21)20-7-2-1-3-8-20)23(29)25-19-6-4-5-16(13-19)15-28/h1-14,28H,15H2,(H,25,29). The summed E-state index contributed by atoms with van der Waals surface area (Å²) in [4.78, 5) is 13.1. The summed E-state index contributed by atoms with van der Waals surface area (Å²) in [5.41, 5.74) is 4.04. The number of aliphatic hydroxyl groups is 1. The van der Waals surface area contributed by atoms with E-state index in [0.29, 0.717) is 22.1 Å². The van der Waals surface area contributed by atoms with E-state index in [0.717, 1.165) is 16.8 Å². The third-order valence-electron chi connectivity index (χ3n) is 4.45. The summed E-state index contributed by atoms with van der Waals surface area (Å²) in [7, 11) is 0. The first kappa shape index (κ1) is 18.9. The van der Waals surface area contributed by atoms with Gasteiger partial charge in [0.2, 0.25) is 0 Å². The molecule has 0 saturated carbocycles. The van der Waals surface area contributed by atoms with Crippen LogP contribution in [-0.2, 0) is 6.61 Å². The number of nitrogens with zero attached hydrogens (tertiary/aromatic N) is 2. The molecular weight excluding hydrogens is 386 g/mol. The minimum atomic E-state index is -0.295. The second-order valence-electron chi connectivity index (χ2n) is 6.48. The topological polar surface area (TPSA) is 67.2 Å². The fourth-order valence-corrected chi connectivity index (χ4v) is 3.14. The van der Waals surface area contributed by atoms with Crippen LogP contribution in [0.4, 0.5) is 5.69 Å². The normalized spacial score (nSPS) is 10.7. The maximum Gasteiger partial charge on any atom is 0.274 e.